The first-order valence-electron chi connectivity index (χ1n) is 7.30. The first-order chi connectivity index (χ1) is 9.93. The predicted octanol–water partition coefficient (Wildman–Crippen LogP) is 4.80. The lowest BCUT2D eigenvalue weighted by atomic mass is 9.99. The van der Waals surface area contributed by atoms with E-state index in [1.54, 1.807) is 0 Å². The molecule has 1 heterocycles. The summed E-state index contributed by atoms with van der Waals surface area (Å²) >= 11 is 2.32. The Morgan fingerprint density at radius 1 is 1.05 bits per heavy atom. The van der Waals surface area contributed by atoms with Crippen LogP contribution in [0.3, 0.4) is 0 Å². The zero-order valence-corrected chi connectivity index (χ0v) is 15.5. The summed E-state index contributed by atoms with van der Waals surface area (Å²) in [5.74, 6) is 1.76. The summed E-state index contributed by atoms with van der Waals surface area (Å²) in [5, 5.41) is 3.41. The number of nitrogens with one attached hydrogen (secondary N) is 1. The van der Waals surface area contributed by atoms with E-state index in [0.29, 0.717) is 0 Å². The van der Waals surface area contributed by atoms with Crippen LogP contribution < -0.4 is 5.32 Å². The fourth-order valence-corrected chi connectivity index (χ4v) is 3.00. The molecule has 0 spiro atoms. The zero-order chi connectivity index (χ0) is 15.6. The molecule has 2 rings (SSSR count). The number of anilines is 1. The number of hydrogen-bond acceptors (Lipinski definition) is 3. The Morgan fingerprint density at radius 3 is 2.24 bits per heavy atom. The largest absolute Gasteiger partial charge is 0.369 e. The van der Waals surface area contributed by atoms with E-state index in [1.807, 2.05) is 6.92 Å². The molecule has 3 nitrogen and oxygen atoms in total. The molecular formula is C17H22IN3. The molecule has 1 N–H and O–H groups in total. The highest BCUT2D eigenvalue weighted by molar-refractivity contribution is 14.1. The summed E-state index contributed by atoms with van der Waals surface area (Å²) < 4.78 is 1.10. The molecule has 2 aromatic rings. The molecule has 0 aliphatic heterocycles. The maximum atomic E-state index is 4.76. The van der Waals surface area contributed by atoms with Crippen LogP contribution in [0, 0.1) is 31.3 Å². The minimum absolute atomic E-state index is 0.821. The zero-order valence-electron chi connectivity index (χ0n) is 13.3. The van der Waals surface area contributed by atoms with Crippen molar-refractivity contribution >= 4 is 28.4 Å². The number of aryl methyl sites for hydroxylation is 4. The number of nitrogens with zero attached hydrogens (tertiary/aromatic N) is 2. The van der Waals surface area contributed by atoms with Crippen LogP contribution in [0.4, 0.5) is 5.82 Å². The molecule has 112 valence electrons. The molecule has 1 aromatic heterocycles. The summed E-state index contributed by atoms with van der Waals surface area (Å²) in [4.78, 5) is 9.47. The molecule has 0 aliphatic carbocycles. The molecule has 0 saturated carbocycles. The summed E-state index contributed by atoms with van der Waals surface area (Å²) in [7, 11) is 0. The molecule has 0 aliphatic rings. The molecule has 0 saturated heterocycles. The van der Waals surface area contributed by atoms with E-state index in [2.05, 4.69) is 67.7 Å². The third-order valence-electron chi connectivity index (χ3n) is 3.46. The van der Waals surface area contributed by atoms with E-state index in [1.165, 1.54) is 16.7 Å². The highest BCUT2D eigenvalue weighted by atomic mass is 127. The molecule has 21 heavy (non-hydrogen) atoms. The molecular weight excluding hydrogens is 373 g/mol. The van der Waals surface area contributed by atoms with Crippen molar-refractivity contribution in [3.8, 4) is 11.4 Å². The maximum Gasteiger partial charge on any atom is 0.162 e. The van der Waals surface area contributed by atoms with Gasteiger partial charge in [0.25, 0.3) is 0 Å². The van der Waals surface area contributed by atoms with Gasteiger partial charge in [-0.3, -0.25) is 0 Å². The second kappa shape index (κ2) is 6.73. The Kier molecular flexibility index (Phi) is 5.19. The van der Waals surface area contributed by atoms with E-state index in [-0.39, 0.29) is 0 Å². The van der Waals surface area contributed by atoms with Crippen LogP contribution in [0.25, 0.3) is 11.4 Å². The topological polar surface area (TPSA) is 37.8 Å². The van der Waals surface area contributed by atoms with Gasteiger partial charge in [-0.25, -0.2) is 9.97 Å². The summed E-state index contributed by atoms with van der Waals surface area (Å²) in [5.41, 5.74) is 5.92. The van der Waals surface area contributed by atoms with Crippen molar-refractivity contribution < 1.29 is 0 Å². The van der Waals surface area contributed by atoms with Crippen molar-refractivity contribution in [1.29, 1.82) is 0 Å². The van der Waals surface area contributed by atoms with Crippen molar-refractivity contribution in [3.05, 3.63) is 38.1 Å². The van der Waals surface area contributed by atoms with E-state index in [9.17, 15) is 0 Å². The first-order valence-corrected chi connectivity index (χ1v) is 8.38. The lowest BCUT2D eigenvalue weighted by Gasteiger charge is -2.14. The van der Waals surface area contributed by atoms with Gasteiger partial charge in [-0.05, 0) is 67.8 Å². The first kappa shape index (κ1) is 16.2. The van der Waals surface area contributed by atoms with Crippen LogP contribution in [0.15, 0.2) is 12.1 Å². The number of halogens is 1. The van der Waals surface area contributed by atoms with Gasteiger partial charge < -0.3 is 5.32 Å². The minimum Gasteiger partial charge on any atom is -0.369 e. The van der Waals surface area contributed by atoms with Gasteiger partial charge in [-0.2, -0.15) is 0 Å². The molecule has 0 fully saturated rings. The second-order valence-corrected chi connectivity index (χ2v) is 6.57. The highest BCUT2D eigenvalue weighted by Crippen LogP contribution is 2.29. The summed E-state index contributed by atoms with van der Waals surface area (Å²) in [6.07, 6.45) is 1.08. The van der Waals surface area contributed by atoms with Crippen molar-refractivity contribution in [2.24, 2.45) is 0 Å². The number of rotatable bonds is 4. The average molecular weight is 395 g/mol. The van der Waals surface area contributed by atoms with E-state index >= 15 is 0 Å². The Bertz CT molecular complexity index is 642. The van der Waals surface area contributed by atoms with Crippen LogP contribution in [0.5, 0.6) is 0 Å². The quantitative estimate of drug-likeness (QED) is 0.756. The van der Waals surface area contributed by atoms with Gasteiger partial charge in [0.05, 0.1) is 9.26 Å². The lowest BCUT2D eigenvalue weighted by molar-refractivity contribution is 0.957. The molecule has 0 atom stereocenters. The van der Waals surface area contributed by atoms with Crippen LogP contribution in [0.1, 0.15) is 35.7 Å². The molecule has 0 unspecified atom stereocenters. The number of aromatic nitrogens is 2. The van der Waals surface area contributed by atoms with Gasteiger partial charge >= 0.3 is 0 Å². The number of hydrogen-bond donors (Lipinski definition) is 1. The van der Waals surface area contributed by atoms with E-state index < -0.39 is 0 Å². The van der Waals surface area contributed by atoms with Crippen LogP contribution in [0.2, 0.25) is 0 Å². The SMILES string of the molecule is CCCNc1nc(-c2c(C)cc(C)cc2C)nc(C)c1I. The van der Waals surface area contributed by atoms with Crippen LogP contribution in [-0.4, -0.2) is 16.5 Å². The molecule has 0 amide bonds. The van der Waals surface area contributed by atoms with Crippen molar-refractivity contribution in [2.75, 3.05) is 11.9 Å². The third-order valence-corrected chi connectivity index (χ3v) is 4.75. The Labute approximate surface area is 140 Å². The molecule has 0 radical (unpaired) electrons. The van der Waals surface area contributed by atoms with Crippen LogP contribution >= 0.6 is 22.6 Å². The van der Waals surface area contributed by atoms with Gasteiger partial charge in [0.2, 0.25) is 0 Å². The molecule has 4 heteroatoms. The predicted molar refractivity (Wildman–Crippen MR) is 97.9 cm³/mol. The standard InChI is InChI=1S/C17H22IN3/c1-6-7-19-17-15(18)13(5)20-16(21-17)14-11(3)8-10(2)9-12(14)4/h8-9H,6-7H2,1-5H3,(H,19,20,21). The van der Waals surface area contributed by atoms with Gasteiger partial charge in [0.15, 0.2) is 5.82 Å². The van der Waals surface area contributed by atoms with Gasteiger partial charge in [0.1, 0.15) is 5.82 Å². The summed E-state index contributed by atoms with van der Waals surface area (Å²) in [6.45, 7) is 11.5. The Balaban J connectivity index is 2.57. The van der Waals surface area contributed by atoms with Crippen molar-refractivity contribution in [1.82, 2.24) is 9.97 Å². The molecule has 0 bridgehead atoms. The van der Waals surface area contributed by atoms with Gasteiger partial charge in [-0.15, -0.1) is 0 Å². The van der Waals surface area contributed by atoms with Crippen molar-refractivity contribution in [2.45, 2.75) is 41.0 Å². The summed E-state index contributed by atoms with van der Waals surface area (Å²) in [6, 6.07) is 4.39. The van der Waals surface area contributed by atoms with Crippen molar-refractivity contribution in [3.63, 3.8) is 0 Å². The van der Waals surface area contributed by atoms with Gasteiger partial charge in [-0.1, -0.05) is 24.6 Å². The van der Waals surface area contributed by atoms with E-state index in [0.717, 1.165) is 39.4 Å². The molecule has 1 aromatic carbocycles. The monoisotopic (exact) mass is 395 g/mol. The fraction of sp³-hybridized carbons (Fsp3) is 0.412. The smallest absolute Gasteiger partial charge is 0.162 e. The fourth-order valence-electron chi connectivity index (χ4n) is 2.56. The Morgan fingerprint density at radius 2 is 1.67 bits per heavy atom. The average Bonchev–Trinajstić information content (AvgIpc) is 2.39. The van der Waals surface area contributed by atoms with Gasteiger partial charge in [0, 0.05) is 12.1 Å². The maximum absolute atomic E-state index is 4.76. The highest BCUT2D eigenvalue weighted by Gasteiger charge is 2.14. The van der Waals surface area contributed by atoms with E-state index in [4.69, 9.17) is 9.97 Å². The Hall–Kier alpha value is -1.17. The lowest BCUT2D eigenvalue weighted by Crippen LogP contribution is -2.08. The second-order valence-electron chi connectivity index (χ2n) is 5.50. The third kappa shape index (κ3) is 3.54. The minimum atomic E-state index is 0.821. The normalized spacial score (nSPS) is 10.8. The number of benzene rings is 1. The van der Waals surface area contributed by atoms with Crippen LogP contribution in [-0.2, 0) is 0 Å².